The highest BCUT2D eigenvalue weighted by atomic mass is 32.2. The van der Waals surface area contributed by atoms with E-state index in [9.17, 15) is 16.8 Å². The quantitative estimate of drug-likeness (QED) is 0.202. The number of benzene rings is 2. The first kappa shape index (κ1) is 36.4. The average Bonchev–Trinajstić information content (AvgIpc) is 3.59. The number of anilines is 1. The Hall–Kier alpha value is -2.87. The van der Waals surface area contributed by atoms with Crippen LogP contribution < -0.4 is 18.9 Å². The number of nitrogens with one attached hydrogen (secondary N) is 2. The van der Waals surface area contributed by atoms with E-state index in [1.165, 1.54) is 16.7 Å². The van der Waals surface area contributed by atoms with Gasteiger partial charge in [0.25, 0.3) is 5.01 Å². The second-order valence-corrected chi connectivity index (χ2v) is 19.8. The standard InChI is InChI=1S/C36H51N5O4S3/c1-25-26(20-29-21-28-22-30(12-14-32(28)39(29)5)47(42,43)38-18-19-41(7,8)9)10-11-27(25)23-35-40(6)33-15-13-31(24-34(33)46-35)48(44,45)37-17-16-36(2,3)4/h12-15,20,22-24,37-38H,10-11,16-19,21H2,1-9H3/q+2. The summed E-state index contributed by atoms with van der Waals surface area (Å²) in [6.45, 7) is 9.96. The van der Waals surface area contributed by atoms with E-state index in [4.69, 9.17) is 0 Å². The van der Waals surface area contributed by atoms with Gasteiger partial charge in [0.05, 0.1) is 44.0 Å². The Balaban J connectivity index is 1.33. The minimum atomic E-state index is -3.59. The van der Waals surface area contributed by atoms with Gasteiger partial charge in [-0.15, -0.1) is 0 Å². The highest BCUT2D eigenvalue weighted by Gasteiger charge is 2.27. The summed E-state index contributed by atoms with van der Waals surface area (Å²) in [7, 11) is 3.00. The molecule has 0 unspecified atom stereocenters. The summed E-state index contributed by atoms with van der Waals surface area (Å²) >= 11 is 1.60. The molecule has 5 rings (SSSR count). The lowest BCUT2D eigenvalue weighted by Gasteiger charge is -2.23. The maximum absolute atomic E-state index is 13.0. The molecular formula is C36H51N5O4S3+2. The topological polar surface area (TPSA) is 99.5 Å². The number of aromatic nitrogens is 1. The molecule has 0 fully saturated rings. The molecule has 0 bridgehead atoms. The monoisotopic (exact) mass is 713 g/mol. The summed E-state index contributed by atoms with van der Waals surface area (Å²) in [6, 6.07) is 10.8. The van der Waals surface area contributed by atoms with Crippen molar-refractivity contribution in [1.29, 1.82) is 0 Å². The van der Waals surface area contributed by atoms with Crippen molar-refractivity contribution in [3.63, 3.8) is 0 Å². The van der Waals surface area contributed by atoms with Crippen LogP contribution >= 0.6 is 11.3 Å². The zero-order chi connectivity index (χ0) is 35.2. The van der Waals surface area contributed by atoms with Gasteiger partial charge < -0.3 is 9.38 Å². The molecule has 2 heterocycles. The van der Waals surface area contributed by atoms with Crippen LogP contribution in [0.25, 0.3) is 16.3 Å². The van der Waals surface area contributed by atoms with E-state index < -0.39 is 20.0 Å². The van der Waals surface area contributed by atoms with Gasteiger partial charge in [-0.3, -0.25) is 0 Å². The average molecular weight is 714 g/mol. The lowest BCUT2D eigenvalue weighted by atomic mass is 9.93. The first-order valence-corrected chi connectivity index (χ1v) is 20.2. The molecule has 3 aromatic rings. The van der Waals surface area contributed by atoms with E-state index in [2.05, 4.69) is 58.8 Å². The number of quaternary nitrogens is 1. The molecule has 0 saturated heterocycles. The van der Waals surface area contributed by atoms with Crippen molar-refractivity contribution in [1.82, 2.24) is 9.44 Å². The van der Waals surface area contributed by atoms with Gasteiger partial charge in [-0.05, 0) is 90.3 Å². The number of allylic oxidation sites excluding steroid dienone is 5. The molecule has 2 N–H and O–H groups in total. The van der Waals surface area contributed by atoms with Crippen LogP contribution in [0.4, 0.5) is 5.69 Å². The molecule has 2 aromatic carbocycles. The number of nitrogens with zero attached hydrogens (tertiary/aromatic N) is 3. The number of likely N-dealkylation sites (N-methyl/N-ethyl adjacent to an activating group) is 2. The number of hydrogen-bond donors (Lipinski definition) is 2. The highest BCUT2D eigenvalue weighted by molar-refractivity contribution is 7.89. The Bertz CT molecular complexity index is 2040. The second-order valence-electron chi connectivity index (χ2n) is 15.2. The van der Waals surface area contributed by atoms with Gasteiger partial charge in [-0.25, -0.2) is 26.3 Å². The number of thiazole rings is 1. The number of aryl methyl sites for hydroxylation is 1. The molecule has 0 atom stereocenters. The van der Waals surface area contributed by atoms with Crippen LogP contribution in [-0.2, 0) is 33.5 Å². The van der Waals surface area contributed by atoms with Gasteiger partial charge in [0.2, 0.25) is 25.6 Å². The first-order valence-electron chi connectivity index (χ1n) is 16.4. The molecule has 12 heteroatoms. The zero-order valence-electron chi connectivity index (χ0n) is 29.8. The summed E-state index contributed by atoms with van der Waals surface area (Å²) in [4.78, 5) is 2.75. The molecule has 0 spiro atoms. The van der Waals surface area contributed by atoms with Crippen molar-refractivity contribution in [2.75, 3.05) is 52.7 Å². The van der Waals surface area contributed by atoms with E-state index in [0.29, 0.717) is 40.3 Å². The lowest BCUT2D eigenvalue weighted by molar-refractivity contribution is -0.869. The van der Waals surface area contributed by atoms with Crippen molar-refractivity contribution >= 4 is 53.4 Å². The minimum Gasteiger partial charge on any atom is -0.348 e. The molecule has 260 valence electrons. The maximum Gasteiger partial charge on any atom is 0.262 e. The minimum absolute atomic E-state index is 0.0515. The number of rotatable bonds is 11. The third-order valence-electron chi connectivity index (χ3n) is 9.18. The van der Waals surface area contributed by atoms with E-state index >= 15 is 0 Å². The lowest BCUT2D eigenvalue weighted by Crippen LogP contribution is -2.41. The molecule has 48 heavy (non-hydrogen) atoms. The van der Waals surface area contributed by atoms with Crippen LogP contribution in [0.2, 0.25) is 0 Å². The predicted molar refractivity (Wildman–Crippen MR) is 197 cm³/mol. The summed E-state index contributed by atoms with van der Waals surface area (Å²) in [6.07, 6.45) is 7.78. The van der Waals surface area contributed by atoms with E-state index in [0.717, 1.165) is 51.4 Å². The molecular weight excluding hydrogens is 663 g/mol. The molecule has 0 amide bonds. The molecule has 0 radical (unpaired) electrons. The molecule has 9 nitrogen and oxygen atoms in total. The molecule has 2 aliphatic rings. The molecule has 1 aliphatic carbocycles. The third-order valence-corrected chi connectivity index (χ3v) is 13.2. The number of sulfonamides is 2. The van der Waals surface area contributed by atoms with Gasteiger partial charge in [-0.2, -0.15) is 4.57 Å². The van der Waals surface area contributed by atoms with Gasteiger partial charge in [0, 0.05) is 43.5 Å². The Morgan fingerprint density at radius 2 is 1.58 bits per heavy atom. The summed E-state index contributed by atoms with van der Waals surface area (Å²) in [5.41, 5.74) is 8.03. The highest BCUT2D eigenvalue weighted by Crippen LogP contribution is 2.39. The Morgan fingerprint density at radius 3 is 2.25 bits per heavy atom. The van der Waals surface area contributed by atoms with Gasteiger partial charge in [-0.1, -0.05) is 32.1 Å². The second kappa shape index (κ2) is 13.4. The van der Waals surface area contributed by atoms with Gasteiger partial charge in [0.1, 0.15) is 11.7 Å². The molecule has 1 aliphatic heterocycles. The third kappa shape index (κ3) is 8.28. The fourth-order valence-corrected chi connectivity index (χ4v) is 9.43. The zero-order valence-corrected chi connectivity index (χ0v) is 32.2. The van der Waals surface area contributed by atoms with Crippen LogP contribution in [-0.4, -0.2) is 69.1 Å². The van der Waals surface area contributed by atoms with Crippen molar-refractivity contribution in [3.8, 4) is 0 Å². The van der Waals surface area contributed by atoms with Crippen molar-refractivity contribution in [2.24, 2.45) is 12.5 Å². The fraction of sp³-hybridized carbons (Fsp3) is 0.472. The van der Waals surface area contributed by atoms with Crippen molar-refractivity contribution < 1.29 is 25.9 Å². The van der Waals surface area contributed by atoms with Crippen LogP contribution in [0.3, 0.4) is 0 Å². The summed E-state index contributed by atoms with van der Waals surface area (Å²) < 4.78 is 61.3. The van der Waals surface area contributed by atoms with Gasteiger partial charge >= 0.3 is 0 Å². The van der Waals surface area contributed by atoms with E-state index in [1.54, 1.807) is 29.5 Å². The molecule has 1 aromatic heterocycles. The van der Waals surface area contributed by atoms with Crippen molar-refractivity contribution in [2.45, 2.75) is 63.2 Å². The van der Waals surface area contributed by atoms with Crippen LogP contribution in [0.15, 0.2) is 74.7 Å². The summed E-state index contributed by atoms with van der Waals surface area (Å²) in [5, 5.41) is 1.07. The fourth-order valence-electron chi connectivity index (χ4n) is 6.06. The Labute approximate surface area is 291 Å². The van der Waals surface area contributed by atoms with Crippen LogP contribution in [0.1, 0.15) is 57.5 Å². The predicted octanol–water partition coefficient (Wildman–Crippen LogP) is 5.49. The van der Waals surface area contributed by atoms with Crippen molar-refractivity contribution in [3.05, 3.63) is 75.5 Å². The molecule has 0 saturated carbocycles. The summed E-state index contributed by atoms with van der Waals surface area (Å²) in [5.74, 6) is 0. The number of fused-ring (bicyclic) bond motifs is 2. The first-order chi connectivity index (χ1) is 22.2. The normalized spacial score (nSPS) is 17.8. The van der Waals surface area contributed by atoms with E-state index in [-0.39, 0.29) is 5.41 Å². The Morgan fingerprint density at radius 1 is 0.938 bits per heavy atom. The smallest absolute Gasteiger partial charge is 0.262 e. The van der Waals surface area contributed by atoms with Crippen LogP contribution in [0.5, 0.6) is 0 Å². The van der Waals surface area contributed by atoms with Crippen LogP contribution in [0, 0.1) is 5.41 Å². The van der Waals surface area contributed by atoms with E-state index in [1.807, 2.05) is 53.4 Å². The number of hydrogen-bond acceptors (Lipinski definition) is 6. The Kier molecular flexibility index (Phi) is 10.2. The SMILES string of the molecule is CC1=C(C=C2Cc3cc(S(=O)(=O)NCC[N+](C)(C)C)ccc3N2C)CCC1=Cc1sc2cc(S(=O)(=O)NCCC(C)(C)C)ccc2[n+]1C. The maximum atomic E-state index is 13.0. The largest absolute Gasteiger partial charge is 0.348 e. The van der Waals surface area contributed by atoms with Gasteiger partial charge in [0.15, 0.2) is 0 Å².